The highest BCUT2D eigenvalue weighted by Crippen LogP contribution is 2.19. The number of allylic oxidation sites excluding steroid dienone is 2. The fraction of sp³-hybridized carbons (Fsp3) is 0.928. The van der Waals surface area contributed by atoms with Crippen LogP contribution in [0.2, 0.25) is 0 Å². The highest BCUT2D eigenvalue weighted by Gasteiger charge is 2.19. The molecule has 0 aliphatic heterocycles. The molecule has 0 saturated heterocycles. The Morgan fingerprint density at radius 2 is 0.440 bits per heavy atom. The molecule has 0 fully saturated rings. The van der Waals surface area contributed by atoms with Gasteiger partial charge < -0.3 is 14.2 Å². The number of carbonyl (C=O) groups excluding carboxylic acids is 3. The van der Waals surface area contributed by atoms with Crippen molar-refractivity contribution in [2.45, 2.75) is 399 Å². The molecule has 1 atom stereocenters. The van der Waals surface area contributed by atoms with Crippen LogP contribution in [0.5, 0.6) is 0 Å². The minimum absolute atomic E-state index is 0.0681. The van der Waals surface area contributed by atoms with Crippen LogP contribution in [0.1, 0.15) is 393 Å². The molecule has 6 nitrogen and oxygen atoms in total. The summed E-state index contributed by atoms with van der Waals surface area (Å²) in [5, 5.41) is 0. The van der Waals surface area contributed by atoms with Gasteiger partial charge in [0.25, 0.3) is 0 Å². The van der Waals surface area contributed by atoms with Crippen LogP contribution in [0, 0.1) is 0 Å². The van der Waals surface area contributed by atoms with Gasteiger partial charge in [-0.05, 0) is 44.9 Å². The van der Waals surface area contributed by atoms with Gasteiger partial charge in [0.05, 0.1) is 0 Å². The minimum Gasteiger partial charge on any atom is -0.462 e. The van der Waals surface area contributed by atoms with E-state index in [2.05, 4.69) is 32.9 Å². The predicted molar refractivity (Wildman–Crippen MR) is 326 cm³/mol. The molecule has 0 aromatic rings. The smallest absolute Gasteiger partial charge is 0.306 e. The van der Waals surface area contributed by atoms with Crippen molar-refractivity contribution in [2.24, 2.45) is 0 Å². The van der Waals surface area contributed by atoms with Crippen molar-refractivity contribution >= 4 is 17.9 Å². The molecule has 75 heavy (non-hydrogen) atoms. The van der Waals surface area contributed by atoms with Gasteiger partial charge in [-0.3, -0.25) is 14.4 Å². The second kappa shape index (κ2) is 64.7. The lowest BCUT2D eigenvalue weighted by Gasteiger charge is -2.18. The van der Waals surface area contributed by atoms with E-state index >= 15 is 0 Å². The first-order chi connectivity index (χ1) is 37.0. The Labute approximate surface area is 469 Å². The zero-order valence-electron chi connectivity index (χ0n) is 51.1. The molecule has 0 aliphatic carbocycles. The van der Waals surface area contributed by atoms with E-state index in [1.165, 1.54) is 289 Å². The number of ether oxygens (including phenoxy) is 3. The molecule has 444 valence electrons. The lowest BCUT2D eigenvalue weighted by Crippen LogP contribution is -2.30. The van der Waals surface area contributed by atoms with E-state index < -0.39 is 6.10 Å². The van der Waals surface area contributed by atoms with Crippen molar-refractivity contribution in [1.29, 1.82) is 0 Å². The Morgan fingerprint density at radius 1 is 0.253 bits per heavy atom. The van der Waals surface area contributed by atoms with Gasteiger partial charge in [0.15, 0.2) is 6.10 Å². The summed E-state index contributed by atoms with van der Waals surface area (Å²) >= 11 is 0. The minimum atomic E-state index is -0.768. The van der Waals surface area contributed by atoms with Crippen LogP contribution in [0.3, 0.4) is 0 Å². The van der Waals surface area contributed by atoms with Crippen molar-refractivity contribution in [2.75, 3.05) is 13.2 Å². The van der Waals surface area contributed by atoms with Gasteiger partial charge in [-0.15, -0.1) is 0 Å². The zero-order chi connectivity index (χ0) is 54.3. The van der Waals surface area contributed by atoms with Gasteiger partial charge in [-0.1, -0.05) is 341 Å². The van der Waals surface area contributed by atoms with Crippen molar-refractivity contribution in [3.05, 3.63) is 12.2 Å². The third-order valence-electron chi connectivity index (χ3n) is 15.8. The summed E-state index contributed by atoms with van der Waals surface area (Å²) in [6.45, 7) is 6.65. The third kappa shape index (κ3) is 62.9. The van der Waals surface area contributed by atoms with E-state index in [1.54, 1.807) is 0 Å². The number of carbonyl (C=O) groups is 3. The fourth-order valence-electron chi connectivity index (χ4n) is 10.6. The van der Waals surface area contributed by atoms with E-state index in [0.717, 1.165) is 64.2 Å². The highest BCUT2D eigenvalue weighted by molar-refractivity contribution is 5.71. The molecule has 0 spiro atoms. The highest BCUT2D eigenvalue weighted by atomic mass is 16.6. The Bertz CT molecular complexity index is 1170. The molecule has 6 heteroatoms. The van der Waals surface area contributed by atoms with E-state index in [1.807, 2.05) is 0 Å². The molecule has 0 aliphatic rings. The molecule has 0 radical (unpaired) electrons. The molecule has 0 saturated carbocycles. The van der Waals surface area contributed by atoms with Crippen LogP contribution in [0.15, 0.2) is 12.2 Å². The van der Waals surface area contributed by atoms with Gasteiger partial charge in [0, 0.05) is 19.3 Å². The summed E-state index contributed by atoms with van der Waals surface area (Å²) in [6, 6.07) is 0. The number of hydrogen-bond acceptors (Lipinski definition) is 6. The van der Waals surface area contributed by atoms with E-state index in [-0.39, 0.29) is 31.1 Å². The third-order valence-corrected chi connectivity index (χ3v) is 15.8. The number of unbranched alkanes of at least 4 members (excludes halogenated alkanes) is 51. The van der Waals surface area contributed by atoms with Crippen LogP contribution in [-0.2, 0) is 28.6 Å². The van der Waals surface area contributed by atoms with Crippen molar-refractivity contribution < 1.29 is 28.6 Å². The summed E-state index contributed by atoms with van der Waals surface area (Å²) in [6.07, 6.45) is 77.2. The van der Waals surface area contributed by atoms with E-state index in [0.29, 0.717) is 19.3 Å². The van der Waals surface area contributed by atoms with Crippen LogP contribution in [0.25, 0.3) is 0 Å². The Morgan fingerprint density at radius 3 is 0.667 bits per heavy atom. The summed E-state index contributed by atoms with van der Waals surface area (Å²) in [7, 11) is 0. The normalized spacial score (nSPS) is 12.0. The quantitative estimate of drug-likeness (QED) is 0.0261. The van der Waals surface area contributed by atoms with Gasteiger partial charge in [0.1, 0.15) is 13.2 Å². The van der Waals surface area contributed by atoms with E-state index in [9.17, 15) is 14.4 Å². The van der Waals surface area contributed by atoms with Crippen molar-refractivity contribution in [3.8, 4) is 0 Å². The Balaban J connectivity index is 3.88. The topological polar surface area (TPSA) is 78.9 Å². The summed E-state index contributed by atoms with van der Waals surface area (Å²) in [5.74, 6) is -0.859. The average molecular weight is 1060 g/mol. The van der Waals surface area contributed by atoms with Gasteiger partial charge in [-0.25, -0.2) is 0 Å². The zero-order valence-corrected chi connectivity index (χ0v) is 51.1. The fourth-order valence-corrected chi connectivity index (χ4v) is 10.6. The maximum atomic E-state index is 12.8. The summed E-state index contributed by atoms with van der Waals surface area (Å²) < 4.78 is 16.8. The van der Waals surface area contributed by atoms with Crippen molar-refractivity contribution in [1.82, 2.24) is 0 Å². The van der Waals surface area contributed by atoms with Crippen LogP contribution in [-0.4, -0.2) is 37.2 Å². The number of rotatable bonds is 64. The first-order valence-electron chi connectivity index (χ1n) is 34.2. The molecular weight excluding hydrogens is 925 g/mol. The van der Waals surface area contributed by atoms with Crippen LogP contribution in [0.4, 0.5) is 0 Å². The predicted octanol–water partition coefficient (Wildman–Crippen LogP) is 23.2. The second-order valence-electron chi connectivity index (χ2n) is 23.5. The van der Waals surface area contributed by atoms with Crippen LogP contribution < -0.4 is 0 Å². The van der Waals surface area contributed by atoms with E-state index in [4.69, 9.17) is 14.2 Å². The molecule has 0 rings (SSSR count). The largest absolute Gasteiger partial charge is 0.462 e. The average Bonchev–Trinajstić information content (AvgIpc) is 3.41. The second-order valence-corrected chi connectivity index (χ2v) is 23.5. The Hall–Kier alpha value is -1.85. The maximum Gasteiger partial charge on any atom is 0.306 e. The molecule has 0 bridgehead atoms. The monoisotopic (exact) mass is 1060 g/mol. The molecule has 0 aromatic heterocycles. The number of esters is 3. The first kappa shape index (κ1) is 73.2. The molecule has 1 unspecified atom stereocenters. The van der Waals surface area contributed by atoms with Crippen molar-refractivity contribution in [3.63, 3.8) is 0 Å². The molecule has 0 amide bonds. The van der Waals surface area contributed by atoms with Gasteiger partial charge in [0.2, 0.25) is 0 Å². The maximum absolute atomic E-state index is 12.8. The lowest BCUT2D eigenvalue weighted by atomic mass is 10.0. The molecule has 0 heterocycles. The van der Waals surface area contributed by atoms with Crippen LogP contribution >= 0.6 is 0 Å². The standard InChI is InChI=1S/C69H132O6/c1-4-7-10-13-16-18-20-22-24-25-26-27-28-29-30-31-32-33-34-35-36-37-38-39-40-41-42-43-45-46-48-50-53-56-59-62-68(71)74-65-66(64-73-67(70)61-58-55-52-15-12-9-6-3)75-69(72)63-60-57-54-51-49-47-44-23-21-19-17-14-11-8-5-2/h23,44,66H,4-22,24-43,45-65H2,1-3H3/b44-23-. The summed E-state index contributed by atoms with van der Waals surface area (Å²) in [5.41, 5.74) is 0. The van der Waals surface area contributed by atoms with Gasteiger partial charge in [-0.2, -0.15) is 0 Å². The first-order valence-corrected chi connectivity index (χ1v) is 34.2. The molecule has 0 N–H and O–H groups in total. The number of hydrogen-bond donors (Lipinski definition) is 0. The Kier molecular flexibility index (Phi) is 63.1. The SMILES string of the molecule is CCCCCCCC/C=C\CCCCCCCC(=O)OC(COC(=O)CCCCCCCCC)COC(=O)CCCCCCCCCCCCCCCCCCCCCCCCCCCCCCCCCCCCC. The summed E-state index contributed by atoms with van der Waals surface area (Å²) in [4.78, 5) is 38.0. The lowest BCUT2D eigenvalue weighted by molar-refractivity contribution is -0.167. The van der Waals surface area contributed by atoms with Gasteiger partial charge >= 0.3 is 17.9 Å². The molecule has 0 aromatic carbocycles. The molecular formula is C69H132O6.